The number of rotatable bonds is 4. The monoisotopic (exact) mass is 424 g/mol. The zero-order valence-electron chi connectivity index (χ0n) is 17.3. The summed E-state index contributed by atoms with van der Waals surface area (Å²) >= 11 is 3.78. The van der Waals surface area contributed by atoms with Gasteiger partial charge in [-0.2, -0.15) is 0 Å². The third-order valence-corrected chi connectivity index (χ3v) is 8.71. The highest BCUT2D eigenvalue weighted by atomic mass is 32.2. The highest BCUT2D eigenvalue weighted by molar-refractivity contribution is 7.99. The number of nitrogens with one attached hydrogen (secondary N) is 1. The van der Waals surface area contributed by atoms with Crippen LogP contribution in [0.1, 0.15) is 37.0 Å². The van der Waals surface area contributed by atoms with Crippen molar-refractivity contribution in [2.75, 3.05) is 36.7 Å². The summed E-state index contributed by atoms with van der Waals surface area (Å²) in [5.74, 6) is 1.65. The van der Waals surface area contributed by atoms with E-state index in [4.69, 9.17) is 4.98 Å². The van der Waals surface area contributed by atoms with Crippen LogP contribution in [0.15, 0.2) is 41.4 Å². The van der Waals surface area contributed by atoms with Gasteiger partial charge in [-0.15, -0.1) is 23.1 Å². The second kappa shape index (κ2) is 7.82. The summed E-state index contributed by atoms with van der Waals surface area (Å²) in [5.41, 5.74) is 3.61. The Hall–Kier alpha value is -1.76. The largest absolute Gasteiger partial charge is 0.364 e. The minimum Gasteiger partial charge on any atom is -0.364 e. The molecule has 0 saturated carbocycles. The number of nitrogens with zero attached hydrogens (tertiary/aromatic N) is 3. The molecule has 1 saturated heterocycles. The Morgan fingerprint density at radius 1 is 1.21 bits per heavy atom. The van der Waals surface area contributed by atoms with E-state index in [0.717, 1.165) is 22.1 Å². The number of likely N-dealkylation sites (N-methyl/N-ethyl adjacent to an activating group) is 1. The Bertz CT molecular complexity index is 1030. The fourth-order valence-corrected chi connectivity index (χ4v) is 7.03. The number of thiophene rings is 1. The smallest absolute Gasteiger partial charge is 0.125 e. The average Bonchev–Trinajstić information content (AvgIpc) is 3.32. The Balaban J connectivity index is 1.47. The second-order valence-electron chi connectivity index (χ2n) is 8.21. The lowest BCUT2D eigenvalue weighted by Crippen LogP contribution is -2.40. The average molecular weight is 425 g/mol. The van der Waals surface area contributed by atoms with Gasteiger partial charge < -0.3 is 15.1 Å². The van der Waals surface area contributed by atoms with E-state index in [9.17, 15) is 0 Å². The molecule has 0 spiro atoms. The van der Waals surface area contributed by atoms with E-state index < -0.39 is 0 Å². The molecule has 4 heterocycles. The molecule has 3 aromatic rings. The molecule has 29 heavy (non-hydrogen) atoms. The first-order valence-electron chi connectivity index (χ1n) is 10.5. The van der Waals surface area contributed by atoms with Crippen molar-refractivity contribution in [2.45, 2.75) is 43.0 Å². The van der Waals surface area contributed by atoms with Gasteiger partial charge in [0, 0.05) is 46.1 Å². The van der Waals surface area contributed by atoms with Gasteiger partial charge in [0.15, 0.2) is 0 Å². The number of piperidine rings is 1. The number of aromatic nitrogens is 1. The van der Waals surface area contributed by atoms with Gasteiger partial charge in [-0.3, -0.25) is 0 Å². The van der Waals surface area contributed by atoms with Crippen LogP contribution in [-0.2, 0) is 0 Å². The van der Waals surface area contributed by atoms with Crippen molar-refractivity contribution in [3.05, 3.63) is 41.4 Å². The van der Waals surface area contributed by atoms with E-state index in [0.29, 0.717) is 12.0 Å². The van der Waals surface area contributed by atoms with E-state index in [1.165, 1.54) is 46.7 Å². The van der Waals surface area contributed by atoms with Crippen molar-refractivity contribution in [1.82, 2.24) is 9.88 Å². The lowest BCUT2D eigenvalue weighted by Gasteiger charge is -2.38. The number of anilines is 3. The molecule has 0 amide bonds. The number of likely N-dealkylation sites (tertiary alicyclic amines) is 1. The summed E-state index contributed by atoms with van der Waals surface area (Å²) in [6.45, 7) is 3.54. The molecule has 152 valence electrons. The van der Waals surface area contributed by atoms with Gasteiger partial charge in [-0.25, -0.2) is 4.98 Å². The summed E-state index contributed by atoms with van der Waals surface area (Å²) < 4.78 is 0. The molecule has 1 fully saturated rings. The van der Waals surface area contributed by atoms with Crippen LogP contribution < -0.4 is 10.2 Å². The lowest BCUT2D eigenvalue weighted by atomic mass is 9.86. The minimum absolute atomic E-state index is 0.622. The molecule has 0 bridgehead atoms. The Kier molecular flexibility index (Phi) is 5.18. The summed E-state index contributed by atoms with van der Waals surface area (Å²) in [4.78, 5) is 13.5. The summed E-state index contributed by atoms with van der Waals surface area (Å²) in [7, 11) is 4.44. The van der Waals surface area contributed by atoms with Crippen LogP contribution in [0.25, 0.3) is 10.2 Å². The van der Waals surface area contributed by atoms with Crippen molar-refractivity contribution in [1.29, 1.82) is 0 Å². The number of pyridine rings is 1. The van der Waals surface area contributed by atoms with E-state index in [1.807, 2.05) is 29.3 Å². The van der Waals surface area contributed by atoms with Gasteiger partial charge >= 0.3 is 0 Å². The van der Waals surface area contributed by atoms with Gasteiger partial charge in [0.2, 0.25) is 0 Å². The molecule has 6 heteroatoms. The molecule has 0 radical (unpaired) electrons. The van der Waals surface area contributed by atoms with E-state index in [-0.39, 0.29) is 0 Å². The van der Waals surface area contributed by atoms with E-state index >= 15 is 0 Å². The third-order valence-electron chi connectivity index (χ3n) is 6.36. The van der Waals surface area contributed by atoms with Gasteiger partial charge in [-0.1, -0.05) is 6.92 Å². The first-order valence-corrected chi connectivity index (χ1v) is 12.3. The zero-order chi connectivity index (χ0) is 20.0. The van der Waals surface area contributed by atoms with Crippen molar-refractivity contribution in [3.63, 3.8) is 0 Å². The van der Waals surface area contributed by atoms with E-state index in [2.05, 4.69) is 66.5 Å². The summed E-state index contributed by atoms with van der Waals surface area (Å²) in [6.07, 6.45) is 5.71. The predicted octanol–water partition coefficient (Wildman–Crippen LogP) is 6.13. The van der Waals surface area contributed by atoms with Crippen molar-refractivity contribution in [3.8, 4) is 0 Å². The maximum absolute atomic E-state index is 4.69. The maximum atomic E-state index is 4.69. The first kappa shape index (κ1) is 19.2. The standard InChI is InChI=1S/C23H28N4S2/c1-4-19-16(6-5-11-26(19)2)22-13-17-18(9-10-24-23(17)29-22)25-15-7-8-21-20(12-15)27(3)14-28-21/h7-10,12-13,16,19H,4-6,11,14H2,1-3H3,(H,24,25)/t16-,19+/m0/s1. The summed E-state index contributed by atoms with van der Waals surface area (Å²) in [5, 5.41) is 4.92. The van der Waals surface area contributed by atoms with Crippen LogP contribution in [0.3, 0.4) is 0 Å². The molecule has 0 unspecified atom stereocenters. The van der Waals surface area contributed by atoms with Gasteiger partial charge in [0.25, 0.3) is 0 Å². The number of hydrogen-bond acceptors (Lipinski definition) is 6. The quantitative estimate of drug-likeness (QED) is 0.545. The Morgan fingerprint density at radius 2 is 2.10 bits per heavy atom. The first-order chi connectivity index (χ1) is 14.1. The molecule has 2 atom stereocenters. The number of benzene rings is 1. The van der Waals surface area contributed by atoms with Gasteiger partial charge in [-0.05, 0) is 63.2 Å². The summed E-state index contributed by atoms with van der Waals surface area (Å²) in [6, 6.07) is 11.8. The molecule has 2 aliphatic heterocycles. The van der Waals surface area contributed by atoms with Crippen LogP contribution in [0.2, 0.25) is 0 Å². The van der Waals surface area contributed by atoms with Gasteiger partial charge in [0.1, 0.15) is 4.83 Å². The zero-order valence-corrected chi connectivity index (χ0v) is 18.9. The molecule has 2 aliphatic rings. The highest BCUT2D eigenvalue weighted by Gasteiger charge is 2.30. The molecule has 5 rings (SSSR count). The molecule has 4 nitrogen and oxygen atoms in total. The van der Waals surface area contributed by atoms with Crippen LogP contribution in [0, 0.1) is 0 Å². The molecular formula is C23H28N4S2. The fourth-order valence-electron chi connectivity index (χ4n) is 4.81. The topological polar surface area (TPSA) is 31.4 Å². The fraction of sp³-hybridized carbons (Fsp3) is 0.435. The number of hydrogen-bond donors (Lipinski definition) is 1. The minimum atomic E-state index is 0.622. The molecular weight excluding hydrogens is 396 g/mol. The number of fused-ring (bicyclic) bond motifs is 2. The SMILES string of the molecule is CC[C@@H]1[C@@H](c2cc3c(Nc4ccc5c(c4)N(C)CS5)ccnc3s2)CCCN1C. The predicted molar refractivity (Wildman–Crippen MR) is 127 cm³/mol. The Labute approximate surface area is 181 Å². The molecule has 2 aromatic heterocycles. The van der Waals surface area contributed by atoms with Crippen LogP contribution in [-0.4, -0.2) is 42.4 Å². The lowest BCUT2D eigenvalue weighted by molar-refractivity contribution is 0.157. The second-order valence-corrected chi connectivity index (χ2v) is 10.3. The highest BCUT2D eigenvalue weighted by Crippen LogP contribution is 2.42. The number of thioether (sulfide) groups is 1. The van der Waals surface area contributed by atoms with Crippen LogP contribution in [0.5, 0.6) is 0 Å². The maximum Gasteiger partial charge on any atom is 0.125 e. The molecule has 1 aromatic carbocycles. The van der Waals surface area contributed by atoms with Crippen molar-refractivity contribution >= 4 is 50.4 Å². The Morgan fingerprint density at radius 3 is 2.97 bits per heavy atom. The molecule has 0 aliphatic carbocycles. The van der Waals surface area contributed by atoms with Crippen LogP contribution >= 0.6 is 23.1 Å². The van der Waals surface area contributed by atoms with Gasteiger partial charge in [0.05, 0.1) is 17.3 Å². The normalized spacial score (nSPS) is 22.2. The van der Waals surface area contributed by atoms with E-state index in [1.54, 1.807) is 0 Å². The van der Waals surface area contributed by atoms with Crippen molar-refractivity contribution < 1.29 is 0 Å². The third kappa shape index (κ3) is 3.51. The molecule has 1 N–H and O–H groups in total. The van der Waals surface area contributed by atoms with Crippen molar-refractivity contribution in [2.24, 2.45) is 0 Å². The van der Waals surface area contributed by atoms with Crippen LogP contribution in [0.4, 0.5) is 17.1 Å².